The van der Waals surface area contributed by atoms with Gasteiger partial charge in [-0.15, -0.1) is 12.4 Å². The molecule has 5 heteroatoms. The Bertz CT molecular complexity index is 316. The molecule has 0 spiro atoms. The molecule has 2 atom stereocenters. The summed E-state index contributed by atoms with van der Waals surface area (Å²) in [5.41, 5.74) is -0.833. The molecule has 0 amide bonds. The van der Waals surface area contributed by atoms with E-state index in [2.05, 4.69) is 10.3 Å². The molecule has 2 fully saturated rings. The van der Waals surface area contributed by atoms with Gasteiger partial charge in [-0.05, 0) is 12.8 Å². The number of nitrogens with zero attached hydrogens (tertiary/aromatic N) is 1. The summed E-state index contributed by atoms with van der Waals surface area (Å²) in [6.07, 6.45) is 6.89. The number of hydrogen-bond donors (Lipinski definition) is 2. The Hall–Kier alpha value is -0.580. The van der Waals surface area contributed by atoms with Gasteiger partial charge in [0.25, 0.3) is 0 Å². The van der Waals surface area contributed by atoms with E-state index in [-0.39, 0.29) is 12.4 Å². The Labute approximate surface area is 94.5 Å². The molecule has 0 aliphatic carbocycles. The standard InChI is InChI=1S/C10H14N2O2.ClH/c13-10(9-11-3-4-14-9)5-7-1-2-8(6-10)12-7;/h3-4,7-8,12-13H,1-2,5-6H2;1H. The third-order valence-corrected chi connectivity index (χ3v) is 3.33. The van der Waals surface area contributed by atoms with Gasteiger partial charge in [0.05, 0.1) is 6.20 Å². The fourth-order valence-electron chi connectivity index (χ4n) is 2.75. The Morgan fingerprint density at radius 2 is 2.07 bits per heavy atom. The molecule has 1 aromatic rings. The smallest absolute Gasteiger partial charge is 0.226 e. The van der Waals surface area contributed by atoms with Crippen LogP contribution in [0.4, 0.5) is 0 Å². The topological polar surface area (TPSA) is 58.3 Å². The van der Waals surface area contributed by atoms with Crippen LogP contribution in [0.15, 0.2) is 16.9 Å². The predicted octanol–water partition coefficient (Wildman–Crippen LogP) is 1.20. The van der Waals surface area contributed by atoms with Gasteiger partial charge in [0, 0.05) is 24.9 Å². The van der Waals surface area contributed by atoms with Crippen LogP contribution in [-0.2, 0) is 5.60 Å². The zero-order valence-electron chi connectivity index (χ0n) is 8.35. The van der Waals surface area contributed by atoms with Crippen LogP contribution < -0.4 is 5.32 Å². The van der Waals surface area contributed by atoms with Gasteiger partial charge in [0.15, 0.2) is 0 Å². The molecule has 2 N–H and O–H groups in total. The number of halogens is 1. The minimum absolute atomic E-state index is 0. The number of rotatable bonds is 1. The lowest BCUT2D eigenvalue weighted by Crippen LogP contribution is -2.46. The first-order valence-corrected chi connectivity index (χ1v) is 5.15. The molecule has 15 heavy (non-hydrogen) atoms. The molecule has 0 aromatic carbocycles. The Morgan fingerprint density at radius 3 is 2.60 bits per heavy atom. The first-order valence-electron chi connectivity index (χ1n) is 5.15. The fourth-order valence-corrected chi connectivity index (χ4v) is 2.75. The molecule has 3 rings (SSSR count). The minimum Gasteiger partial charge on any atom is -0.446 e. The van der Waals surface area contributed by atoms with Crippen molar-refractivity contribution < 1.29 is 9.52 Å². The molecule has 4 nitrogen and oxygen atoms in total. The van der Waals surface area contributed by atoms with Crippen molar-refractivity contribution in [1.82, 2.24) is 10.3 Å². The highest BCUT2D eigenvalue weighted by molar-refractivity contribution is 5.85. The number of fused-ring (bicyclic) bond motifs is 2. The molecule has 2 aliphatic heterocycles. The predicted molar refractivity (Wildman–Crippen MR) is 56.8 cm³/mol. The van der Waals surface area contributed by atoms with Crippen molar-refractivity contribution in [2.24, 2.45) is 0 Å². The lowest BCUT2D eigenvalue weighted by Gasteiger charge is -2.34. The van der Waals surface area contributed by atoms with E-state index < -0.39 is 5.60 Å². The highest BCUT2D eigenvalue weighted by atomic mass is 35.5. The third-order valence-electron chi connectivity index (χ3n) is 3.33. The molecule has 0 radical (unpaired) electrons. The molecule has 2 saturated heterocycles. The lowest BCUT2D eigenvalue weighted by atomic mass is 9.87. The van der Waals surface area contributed by atoms with E-state index in [0.717, 1.165) is 25.7 Å². The number of oxazole rings is 1. The van der Waals surface area contributed by atoms with Gasteiger partial charge in [0.2, 0.25) is 5.89 Å². The molecular formula is C10H15ClN2O2. The summed E-state index contributed by atoms with van der Waals surface area (Å²) in [5.74, 6) is 0.482. The summed E-state index contributed by atoms with van der Waals surface area (Å²) in [6.45, 7) is 0. The number of piperidine rings is 1. The van der Waals surface area contributed by atoms with E-state index in [1.807, 2.05) is 0 Å². The van der Waals surface area contributed by atoms with Crippen molar-refractivity contribution in [2.45, 2.75) is 43.4 Å². The number of nitrogens with one attached hydrogen (secondary N) is 1. The summed E-state index contributed by atoms with van der Waals surface area (Å²) < 4.78 is 5.21. The number of hydrogen-bond acceptors (Lipinski definition) is 4. The SMILES string of the molecule is Cl.OC1(c2ncco2)CC2CCC(C1)N2. The Morgan fingerprint density at radius 1 is 1.40 bits per heavy atom. The van der Waals surface area contributed by atoms with Crippen molar-refractivity contribution >= 4 is 12.4 Å². The Balaban J connectivity index is 0.000000853. The van der Waals surface area contributed by atoms with Crippen molar-refractivity contribution in [1.29, 1.82) is 0 Å². The van der Waals surface area contributed by atoms with Crippen molar-refractivity contribution in [3.05, 3.63) is 18.4 Å². The minimum atomic E-state index is -0.833. The summed E-state index contributed by atoms with van der Waals surface area (Å²) in [4.78, 5) is 4.06. The molecule has 1 aromatic heterocycles. The van der Waals surface area contributed by atoms with Crippen LogP contribution in [0, 0.1) is 0 Å². The molecule has 84 valence electrons. The van der Waals surface area contributed by atoms with E-state index in [4.69, 9.17) is 4.42 Å². The second-order valence-electron chi connectivity index (χ2n) is 4.41. The highest BCUT2D eigenvalue weighted by Gasteiger charge is 2.46. The van der Waals surface area contributed by atoms with Gasteiger partial charge in [-0.2, -0.15) is 0 Å². The Kier molecular flexibility index (Phi) is 2.75. The largest absolute Gasteiger partial charge is 0.446 e. The van der Waals surface area contributed by atoms with Crippen LogP contribution in [-0.4, -0.2) is 22.2 Å². The second-order valence-corrected chi connectivity index (χ2v) is 4.41. The van der Waals surface area contributed by atoms with E-state index in [1.54, 1.807) is 6.20 Å². The van der Waals surface area contributed by atoms with Crippen molar-refractivity contribution in [2.75, 3.05) is 0 Å². The van der Waals surface area contributed by atoms with Gasteiger partial charge in [-0.25, -0.2) is 4.98 Å². The van der Waals surface area contributed by atoms with E-state index in [1.165, 1.54) is 6.26 Å². The maximum atomic E-state index is 10.4. The number of aliphatic hydroxyl groups is 1. The van der Waals surface area contributed by atoms with Crippen LogP contribution in [0.3, 0.4) is 0 Å². The average Bonchev–Trinajstić information content (AvgIpc) is 2.75. The lowest BCUT2D eigenvalue weighted by molar-refractivity contribution is -0.0342. The van der Waals surface area contributed by atoms with Crippen LogP contribution in [0.25, 0.3) is 0 Å². The molecule has 3 heterocycles. The van der Waals surface area contributed by atoms with E-state index in [0.29, 0.717) is 18.0 Å². The molecule has 0 saturated carbocycles. The van der Waals surface area contributed by atoms with Crippen LogP contribution in [0.2, 0.25) is 0 Å². The van der Waals surface area contributed by atoms with Gasteiger partial charge in [-0.3, -0.25) is 0 Å². The summed E-state index contributed by atoms with van der Waals surface area (Å²) in [7, 11) is 0. The zero-order chi connectivity index (χ0) is 9.60. The van der Waals surface area contributed by atoms with Gasteiger partial charge >= 0.3 is 0 Å². The van der Waals surface area contributed by atoms with Gasteiger partial charge < -0.3 is 14.8 Å². The normalized spacial score (nSPS) is 38.7. The maximum absolute atomic E-state index is 10.4. The van der Waals surface area contributed by atoms with E-state index in [9.17, 15) is 5.11 Å². The highest BCUT2D eigenvalue weighted by Crippen LogP contribution is 2.39. The first-order chi connectivity index (χ1) is 6.76. The maximum Gasteiger partial charge on any atom is 0.226 e. The molecule has 2 bridgehead atoms. The zero-order valence-corrected chi connectivity index (χ0v) is 9.17. The molecular weight excluding hydrogens is 216 g/mol. The van der Waals surface area contributed by atoms with Gasteiger partial charge in [0.1, 0.15) is 11.9 Å². The first kappa shape index (κ1) is 10.9. The van der Waals surface area contributed by atoms with Crippen LogP contribution >= 0.6 is 12.4 Å². The van der Waals surface area contributed by atoms with Crippen LogP contribution in [0.1, 0.15) is 31.6 Å². The number of aromatic nitrogens is 1. The average molecular weight is 231 g/mol. The monoisotopic (exact) mass is 230 g/mol. The fraction of sp³-hybridized carbons (Fsp3) is 0.700. The van der Waals surface area contributed by atoms with Crippen LogP contribution in [0.5, 0.6) is 0 Å². The van der Waals surface area contributed by atoms with Crippen molar-refractivity contribution in [3.8, 4) is 0 Å². The van der Waals surface area contributed by atoms with Gasteiger partial charge in [-0.1, -0.05) is 0 Å². The van der Waals surface area contributed by atoms with Crippen molar-refractivity contribution in [3.63, 3.8) is 0 Å². The molecule has 2 unspecified atom stereocenters. The quantitative estimate of drug-likeness (QED) is 0.761. The molecule has 2 aliphatic rings. The van der Waals surface area contributed by atoms with E-state index >= 15 is 0 Å². The second kappa shape index (κ2) is 3.77. The summed E-state index contributed by atoms with van der Waals surface area (Å²) in [5, 5.41) is 13.9. The third kappa shape index (κ3) is 1.77. The summed E-state index contributed by atoms with van der Waals surface area (Å²) in [6, 6.07) is 0.872. The summed E-state index contributed by atoms with van der Waals surface area (Å²) >= 11 is 0.